The fraction of sp³-hybridized carbons (Fsp3) is 0.429. The Kier molecular flexibility index (Phi) is 4.47. The molecule has 2 fully saturated rings. The van der Waals surface area contributed by atoms with Gasteiger partial charge in [0.15, 0.2) is 5.78 Å². The molecule has 0 spiro atoms. The lowest BCUT2D eigenvalue weighted by Gasteiger charge is -2.43. The van der Waals surface area contributed by atoms with Crippen molar-refractivity contribution in [2.75, 3.05) is 31.1 Å². The van der Waals surface area contributed by atoms with E-state index >= 15 is 0 Å². The van der Waals surface area contributed by atoms with E-state index in [4.69, 9.17) is 0 Å². The van der Waals surface area contributed by atoms with Gasteiger partial charge in [-0.25, -0.2) is 0 Å². The number of nitriles is 1. The second kappa shape index (κ2) is 7.20. The minimum absolute atomic E-state index is 0.0911. The fourth-order valence-corrected chi connectivity index (χ4v) is 6.06. The summed E-state index contributed by atoms with van der Waals surface area (Å²) in [5.41, 5.74) is 6.94. The molecule has 5 heteroatoms. The highest BCUT2D eigenvalue weighted by molar-refractivity contribution is 6.22. The summed E-state index contributed by atoms with van der Waals surface area (Å²) in [4.78, 5) is 22.5. The van der Waals surface area contributed by atoms with Gasteiger partial charge in [0.05, 0.1) is 17.2 Å². The van der Waals surface area contributed by atoms with Crippen LogP contribution in [0.5, 0.6) is 0 Å². The number of anilines is 1. The molecule has 1 N–H and O–H groups in total. The first-order valence-electron chi connectivity index (χ1n) is 12.1. The molecule has 0 bridgehead atoms. The van der Waals surface area contributed by atoms with Crippen LogP contribution in [0.1, 0.15) is 71.4 Å². The zero-order valence-corrected chi connectivity index (χ0v) is 19.7. The molecule has 168 valence electrons. The van der Waals surface area contributed by atoms with Crippen LogP contribution >= 0.6 is 0 Å². The van der Waals surface area contributed by atoms with Crippen LogP contribution in [-0.2, 0) is 5.41 Å². The van der Waals surface area contributed by atoms with Gasteiger partial charge in [0.1, 0.15) is 0 Å². The largest absolute Gasteiger partial charge is 0.368 e. The highest BCUT2D eigenvalue weighted by Crippen LogP contribution is 2.46. The Morgan fingerprint density at radius 2 is 1.85 bits per heavy atom. The molecule has 33 heavy (non-hydrogen) atoms. The van der Waals surface area contributed by atoms with Crippen molar-refractivity contribution in [3.8, 4) is 6.07 Å². The van der Waals surface area contributed by atoms with Gasteiger partial charge in [0.2, 0.25) is 0 Å². The quantitative estimate of drug-likeness (QED) is 0.619. The molecule has 2 aromatic carbocycles. The Balaban J connectivity index is 1.51. The van der Waals surface area contributed by atoms with Gasteiger partial charge in [-0.15, -0.1) is 0 Å². The second-order valence-corrected chi connectivity index (χ2v) is 10.5. The average molecular weight is 439 g/mol. The molecule has 0 amide bonds. The third-order valence-electron chi connectivity index (χ3n) is 8.20. The summed E-state index contributed by atoms with van der Waals surface area (Å²) >= 11 is 0. The number of H-pyrrole nitrogens is 1. The smallest absolute Gasteiger partial charge is 0.195 e. The van der Waals surface area contributed by atoms with Crippen LogP contribution in [-0.4, -0.2) is 47.9 Å². The Morgan fingerprint density at radius 3 is 2.52 bits per heavy atom. The van der Waals surface area contributed by atoms with Crippen molar-refractivity contribution in [3.63, 3.8) is 0 Å². The van der Waals surface area contributed by atoms with Crippen molar-refractivity contribution < 1.29 is 4.79 Å². The summed E-state index contributed by atoms with van der Waals surface area (Å²) in [5.74, 6) is 0.0911. The van der Waals surface area contributed by atoms with E-state index in [0.29, 0.717) is 5.56 Å². The number of carbonyl (C=O) groups is 1. The molecule has 3 aliphatic rings. The van der Waals surface area contributed by atoms with Gasteiger partial charge >= 0.3 is 0 Å². The standard InChI is InChI=1S/C28H30N4O/c1-17-7-8-21-20(13-17)26(33)25-24-22(30-27(25)28(21,2)3)14-18(16-29)15-23(24)32-11-9-31(10-12-32)19-5-4-6-19/h7-8,13-15,19,30H,4-6,9-12H2,1-3H3. The number of ketones is 1. The third-order valence-corrected chi connectivity index (χ3v) is 8.20. The number of fused-ring (bicyclic) bond motifs is 4. The van der Waals surface area contributed by atoms with Crippen molar-refractivity contribution in [2.45, 2.75) is 51.5 Å². The zero-order valence-electron chi connectivity index (χ0n) is 19.7. The summed E-state index contributed by atoms with van der Waals surface area (Å²) in [6.45, 7) is 10.3. The van der Waals surface area contributed by atoms with Gasteiger partial charge in [-0.2, -0.15) is 5.26 Å². The van der Waals surface area contributed by atoms with E-state index in [2.05, 4.69) is 46.8 Å². The molecule has 1 aliphatic heterocycles. The van der Waals surface area contributed by atoms with Crippen molar-refractivity contribution >= 4 is 22.4 Å². The first-order chi connectivity index (χ1) is 15.9. The number of aromatic amines is 1. The van der Waals surface area contributed by atoms with E-state index in [-0.39, 0.29) is 11.2 Å². The molecule has 1 saturated carbocycles. The predicted octanol–water partition coefficient (Wildman–Crippen LogP) is 4.89. The molecule has 0 radical (unpaired) electrons. The molecular formula is C28H30N4O. The fourth-order valence-electron chi connectivity index (χ4n) is 6.06. The van der Waals surface area contributed by atoms with Crippen LogP contribution in [0.15, 0.2) is 30.3 Å². The maximum atomic E-state index is 13.9. The predicted molar refractivity (Wildman–Crippen MR) is 131 cm³/mol. The van der Waals surface area contributed by atoms with Crippen LogP contribution in [0.3, 0.4) is 0 Å². The number of hydrogen-bond acceptors (Lipinski definition) is 4. The van der Waals surface area contributed by atoms with Crippen LogP contribution in [0.25, 0.3) is 10.9 Å². The van der Waals surface area contributed by atoms with Crippen molar-refractivity contribution in [1.82, 2.24) is 9.88 Å². The van der Waals surface area contributed by atoms with E-state index in [1.165, 1.54) is 19.3 Å². The lowest BCUT2D eigenvalue weighted by atomic mass is 9.71. The van der Waals surface area contributed by atoms with Gasteiger partial charge < -0.3 is 9.88 Å². The normalized spacial score (nSPS) is 20.3. The summed E-state index contributed by atoms with van der Waals surface area (Å²) in [6.07, 6.45) is 3.99. The minimum atomic E-state index is -0.321. The molecule has 6 rings (SSSR count). The summed E-state index contributed by atoms with van der Waals surface area (Å²) in [6, 6.07) is 13.2. The number of aromatic nitrogens is 1. The Labute approximate surface area is 195 Å². The molecule has 2 aliphatic carbocycles. The second-order valence-electron chi connectivity index (χ2n) is 10.5. The van der Waals surface area contributed by atoms with E-state index in [1.54, 1.807) is 0 Å². The highest BCUT2D eigenvalue weighted by atomic mass is 16.1. The van der Waals surface area contributed by atoms with Crippen LogP contribution in [0.4, 0.5) is 5.69 Å². The van der Waals surface area contributed by atoms with E-state index < -0.39 is 0 Å². The van der Waals surface area contributed by atoms with Gasteiger partial charge in [-0.1, -0.05) is 38.0 Å². The maximum absolute atomic E-state index is 13.9. The Hall–Kier alpha value is -3.10. The molecular weight excluding hydrogens is 408 g/mol. The Morgan fingerprint density at radius 1 is 1.09 bits per heavy atom. The molecule has 2 heterocycles. The summed E-state index contributed by atoms with van der Waals surface area (Å²) in [5, 5.41) is 10.7. The zero-order chi connectivity index (χ0) is 22.9. The summed E-state index contributed by atoms with van der Waals surface area (Å²) < 4.78 is 0. The lowest BCUT2D eigenvalue weighted by Crippen LogP contribution is -2.52. The molecule has 1 aromatic heterocycles. The topological polar surface area (TPSA) is 63.1 Å². The average Bonchev–Trinajstić information content (AvgIpc) is 3.17. The van der Waals surface area contributed by atoms with Gasteiger partial charge in [0.25, 0.3) is 0 Å². The number of hydrogen-bond donors (Lipinski definition) is 1. The number of rotatable bonds is 2. The van der Waals surface area contributed by atoms with Crippen LogP contribution < -0.4 is 4.90 Å². The first kappa shape index (κ1) is 20.5. The SMILES string of the molecule is Cc1ccc2c(c1)C(=O)c1c([nH]c3cc(C#N)cc(N4CCN(C5CCC5)CC4)c13)C2(C)C. The number of aryl methyl sites for hydroxylation is 1. The third kappa shape index (κ3) is 2.97. The number of carbonyl (C=O) groups excluding carboxylic acids is 1. The molecule has 1 saturated heterocycles. The number of benzene rings is 2. The molecule has 0 atom stereocenters. The first-order valence-corrected chi connectivity index (χ1v) is 12.1. The van der Waals surface area contributed by atoms with Crippen LogP contribution in [0, 0.1) is 18.3 Å². The molecule has 5 nitrogen and oxygen atoms in total. The number of nitrogens with one attached hydrogen (secondary N) is 1. The van der Waals surface area contributed by atoms with Crippen molar-refractivity contribution in [3.05, 3.63) is 63.8 Å². The summed E-state index contributed by atoms with van der Waals surface area (Å²) in [7, 11) is 0. The van der Waals surface area contributed by atoms with Gasteiger partial charge in [-0.3, -0.25) is 9.69 Å². The number of nitrogens with zero attached hydrogens (tertiary/aromatic N) is 3. The Bertz CT molecular complexity index is 1330. The van der Waals surface area contributed by atoms with E-state index in [9.17, 15) is 10.1 Å². The molecule has 3 aromatic rings. The lowest BCUT2D eigenvalue weighted by molar-refractivity contribution is 0.103. The van der Waals surface area contributed by atoms with Crippen molar-refractivity contribution in [2.24, 2.45) is 0 Å². The highest BCUT2D eigenvalue weighted by Gasteiger charge is 2.40. The van der Waals surface area contributed by atoms with Crippen LogP contribution in [0.2, 0.25) is 0 Å². The number of piperazine rings is 1. The molecule has 0 unspecified atom stereocenters. The van der Waals surface area contributed by atoms with Gasteiger partial charge in [-0.05, 0) is 43.5 Å². The van der Waals surface area contributed by atoms with E-state index in [1.807, 2.05) is 25.1 Å². The minimum Gasteiger partial charge on any atom is -0.368 e. The monoisotopic (exact) mass is 438 g/mol. The maximum Gasteiger partial charge on any atom is 0.195 e. The van der Waals surface area contributed by atoms with Crippen molar-refractivity contribution in [1.29, 1.82) is 5.26 Å². The van der Waals surface area contributed by atoms with E-state index in [0.717, 1.165) is 76.8 Å². The van der Waals surface area contributed by atoms with Gasteiger partial charge in [0, 0.05) is 65.5 Å².